The summed E-state index contributed by atoms with van der Waals surface area (Å²) in [6.45, 7) is 4.04. The molecular formula is C18H16ClIN2O. The molecule has 0 aliphatic heterocycles. The standard InChI is InChI=1S/C18H16ClIN2O/c1-12(2)23-18-5-3-13(4-6-18)14-10-21-22(11-14)17-8-15(19)7-16(20)9-17/h3-12H,1-2H3. The van der Waals surface area contributed by atoms with Crippen molar-refractivity contribution in [3.63, 3.8) is 0 Å². The molecule has 0 amide bonds. The number of ether oxygens (including phenoxy) is 1. The summed E-state index contributed by atoms with van der Waals surface area (Å²) in [5, 5.41) is 5.15. The van der Waals surface area contributed by atoms with E-state index in [4.69, 9.17) is 16.3 Å². The molecule has 1 heterocycles. The smallest absolute Gasteiger partial charge is 0.119 e. The molecular weight excluding hydrogens is 423 g/mol. The average molecular weight is 439 g/mol. The molecule has 3 rings (SSSR count). The Labute approximate surface area is 154 Å². The maximum Gasteiger partial charge on any atom is 0.119 e. The first kappa shape index (κ1) is 16.3. The number of halogens is 2. The lowest BCUT2D eigenvalue weighted by Gasteiger charge is -2.09. The van der Waals surface area contributed by atoms with Crippen molar-refractivity contribution in [3.05, 3.63) is 63.5 Å². The fourth-order valence-corrected chi connectivity index (χ4v) is 3.35. The zero-order chi connectivity index (χ0) is 16.4. The van der Waals surface area contributed by atoms with Crippen LogP contribution in [0.4, 0.5) is 0 Å². The van der Waals surface area contributed by atoms with Crippen LogP contribution in [0.25, 0.3) is 16.8 Å². The summed E-state index contributed by atoms with van der Waals surface area (Å²) in [6.07, 6.45) is 4.03. The lowest BCUT2D eigenvalue weighted by Crippen LogP contribution is -2.05. The molecule has 23 heavy (non-hydrogen) atoms. The van der Waals surface area contributed by atoms with Crippen LogP contribution in [0, 0.1) is 3.57 Å². The minimum Gasteiger partial charge on any atom is -0.491 e. The third-order valence-corrected chi connectivity index (χ3v) is 4.09. The molecule has 3 nitrogen and oxygen atoms in total. The van der Waals surface area contributed by atoms with Gasteiger partial charge in [0.2, 0.25) is 0 Å². The minimum absolute atomic E-state index is 0.175. The molecule has 0 aliphatic rings. The van der Waals surface area contributed by atoms with Gasteiger partial charge in [0.1, 0.15) is 5.75 Å². The predicted octanol–water partition coefficient (Wildman–Crippen LogP) is 5.58. The van der Waals surface area contributed by atoms with Gasteiger partial charge in [0, 0.05) is 20.4 Å². The van der Waals surface area contributed by atoms with Crippen molar-refractivity contribution < 1.29 is 4.74 Å². The molecule has 0 radical (unpaired) electrons. The number of hydrogen-bond donors (Lipinski definition) is 0. The summed E-state index contributed by atoms with van der Waals surface area (Å²) in [7, 11) is 0. The van der Waals surface area contributed by atoms with Crippen molar-refractivity contribution in [2.24, 2.45) is 0 Å². The molecule has 0 aliphatic carbocycles. The topological polar surface area (TPSA) is 27.1 Å². The van der Waals surface area contributed by atoms with Gasteiger partial charge in [-0.25, -0.2) is 4.68 Å². The van der Waals surface area contributed by atoms with Crippen LogP contribution in [-0.4, -0.2) is 15.9 Å². The first-order valence-corrected chi connectivity index (χ1v) is 8.75. The zero-order valence-corrected chi connectivity index (χ0v) is 15.7. The van der Waals surface area contributed by atoms with Crippen LogP contribution in [0.5, 0.6) is 5.75 Å². The summed E-state index contributed by atoms with van der Waals surface area (Å²) < 4.78 is 8.59. The highest BCUT2D eigenvalue weighted by Crippen LogP contribution is 2.25. The van der Waals surface area contributed by atoms with Gasteiger partial charge >= 0.3 is 0 Å². The highest BCUT2D eigenvalue weighted by molar-refractivity contribution is 14.1. The minimum atomic E-state index is 0.175. The lowest BCUT2D eigenvalue weighted by molar-refractivity contribution is 0.242. The van der Waals surface area contributed by atoms with Crippen molar-refractivity contribution in [1.29, 1.82) is 0 Å². The number of nitrogens with zero attached hydrogens (tertiary/aromatic N) is 2. The molecule has 1 aromatic heterocycles. The quantitative estimate of drug-likeness (QED) is 0.497. The van der Waals surface area contributed by atoms with Crippen LogP contribution >= 0.6 is 34.2 Å². The van der Waals surface area contributed by atoms with Gasteiger partial charge in [0.05, 0.1) is 18.0 Å². The van der Waals surface area contributed by atoms with E-state index >= 15 is 0 Å². The van der Waals surface area contributed by atoms with Gasteiger partial charge in [-0.1, -0.05) is 23.7 Å². The van der Waals surface area contributed by atoms with Gasteiger partial charge in [-0.3, -0.25) is 0 Å². The number of benzene rings is 2. The molecule has 0 fully saturated rings. The van der Waals surface area contributed by atoms with Gasteiger partial charge in [-0.05, 0) is 72.3 Å². The third-order valence-electron chi connectivity index (χ3n) is 3.25. The Balaban J connectivity index is 1.86. The molecule has 0 N–H and O–H groups in total. The van der Waals surface area contributed by atoms with E-state index in [1.54, 1.807) is 0 Å². The SMILES string of the molecule is CC(C)Oc1ccc(-c2cnn(-c3cc(Cl)cc(I)c3)c2)cc1. The van der Waals surface area contributed by atoms with Crippen molar-refractivity contribution in [2.75, 3.05) is 0 Å². The maximum absolute atomic E-state index is 6.12. The Hall–Kier alpha value is -1.53. The first-order chi connectivity index (χ1) is 11.0. The van der Waals surface area contributed by atoms with Crippen LogP contribution in [0.1, 0.15) is 13.8 Å². The Morgan fingerprint density at radius 2 is 1.83 bits per heavy atom. The Kier molecular flexibility index (Phi) is 4.92. The van der Waals surface area contributed by atoms with Gasteiger partial charge in [-0.2, -0.15) is 5.10 Å². The van der Waals surface area contributed by atoms with Crippen LogP contribution in [0.2, 0.25) is 5.02 Å². The Morgan fingerprint density at radius 1 is 1.09 bits per heavy atom. The van der Waals surface area contributed by atoms with E-state index < -0.39 is 0 Å². The molecule has 0 unspecified atom stereocenters. The van der Waals surface area contributed by atoms with Crippen molar-refractivity contribution >= 4 is 34.2 Å². The van der Waals surface area contributed by atoms with E-state index in [0.717, 1.165) is 26.1 Å². The van der Waals surface area contributed by atoms with Crippen LogP contribution in [0.15, 0.2) is 54.9 Å². The fraction of sp³-hybridized carbons (Fsp3) is 0.167. The van der Waals surface area contributed by atoms with E-state index in [0.29, 0.717) is 5.02 Å². The fourth-order valence-electron chi connectivity index (χ4n) is 2.28. The van der Waals surface area contributed by atoms with E-state index in [9.17, 15) is 0 Å². The molecule has 0 saturated carbocycles. The highest BCUT2D eigenvalue weighted by atomic mass is 127. The summed E-state index contributed by atoms with van der Waals surface area (Å²) >= 11 is 8.37. The van der Waals surface area contributed by atoms with Crippen LogP contribution < -0.4 is 4.74 Å². The average Bonchev–Trinajstić information content (AvgIpc) is 2.96. The molecule has 118 valence electrons. The van der Waals surface area contributed by atoms with E-state index in [1.807, 2.05) is 73.4 Å². The summed E-state index contributed by atoms with van der Waals surface area (Å²) in [6, 6.07) is 13.9. The molecule has 0 atom stereocenters. The lowest BCUT2D eigenvalue weighted by atomic mass is 10.1. The monoisotopic (exact) mass is 438 g/mol. The van der Waals surface area contributed by atoms with Crippen molar-refractivity contribution in [3.8, 4) is 22.6 Å². The second kappa shape index (κ2) is 6.93. The maximum atomic E-state index is 6.12. The molecule has 0 saturated heterocycles. The normalized spacial score (nSPS) is 11.0. The summed E-state index contributed by atoms with van der Waals surface area (Å²) in [5.41, 5.74) is 3.10. The largest absolute Gasteiger partial charge is 0.491 e. The molecule has 3 aromatic rings. The van der Waals surface area contributed by atoms with Gasteiger partial charge in [-0.15, -0.1) is 0 Å². The van der Waals surface area contributed by atoms with Crippen LogP contribution in [0.3, 0.4) is 0 Å². The van der Waals surface area contributed by atoms with Gasteiger partial charge in [0.15, 0.2) is 0 Å². The second-order valence-corrected chi connectivity index (χ2v) is 7.17. The van der Waals surface area contributed by atoms with Gasteiger partial charge in [0.25, 0.3) is 0 Å². The Bertz CT molecular complexity index is 792. The molecule has 0 spiro atoms. The van der Waals surface area contributed by atoms with Crippen molar-refractivity contribution in [1.82, 2.24) is 9.78 Å². The highest BCUT2D eigenvalue weighted by Gasteiger charge is 2.06. The molecule has 5 heteroatoms. The molecule has 0 bridgehead atoms. The second-order valence-electron chi connectivity index (χ2n) is 5.49. The molecule has 2 aromatic carbocycles. The van der Waals surface area contributed by atoms with Gasteiger partial charge < -0.3 is 4.74 Å². The Morgan fingerprint density at radius 3 is 2.48 bits per heavy atom. The summed E-state index contributed by atoms with van der Waals surface area (Å²) in [4.78, 5) is 0. The van der Waals surface area contributed by atoms with E-state index in [-0.39, 0.29) is 6.10 Å². The summed E-state index contributed by atoms with van der Waals surface area (Å²) in [5.74, 6) is 0.875. The van der Waals surface area contributed by atoms with Crippen molar-refractivity contribution in [2.45, 2.75) is 20.0 Å². The number of hydrogen-bond acceptors (Lipinski definition) is 2. The first-order valence-electron chi connectivity index (χ1n) is 7.29. The van der Waals surface area contributed by atoms with E-state index in [2.05, 4.69) is 27.7 Å². The third kappa shape index (κ3) is 4.06. The predicted molar refractivity (Wildman–Crippen MR) is 102 cm³/mol. The zero-order valence-electron chi connectivity index (χ0n) is 12.8. The number of rotatable bonds is 4. The van der Waals surface area contributed by atoms with Crippen LogP contribution in [-0.2, 0) is 0 Å². The number of aromatic nitrogens is 2. The van der Waals surface area contributed by atoms with E-state index in [1.165, 1.54) is 0 Å².